The van der Waals surface area contributed by atoms with Gasteiger partial charge in [0.1, 0.15) is 17.4 Å². The zero-order valence-corrected chi connectivity index (χ0v) is 13.5. The zero-order valence-electron chi connectivity index (χ0n) is 12.7. The number of nitriles is 1. The second-order valence-corrected chi connectivity index (χ2v) is 5.89. The first kappa shape index (κ1) is 15.7. The largest absolute Gasteiger partial charge is 0.353 e. The number of thioether (sulfide) groups is 1. The summed E-state index contributed by atoms with van der Waals surface area (Å²) in [6.07, 6.45) is 1.90. The highest BCUT2D eigenvalue weighted by Gasteiger charge is 2.21. The van der Waals surface area contributed by atoms with E-state index in [2.05, 4.69) is 26.3 Å². The molecular weight excluding hydrogens is 313 g/mol. The van der Waals surface area contributed by atoms with E-state index >= 15 is 0 Å². The molecule has 0 bridgehead atoms. The maximum Gasteiger partial charge on any atom is 0.189 e. The number of piperazine rings is 1. The van der Waals surface area contributed by atoms with Gasteiger partial charge >= 0.3 is 0 Å². The Kier molecular flexibility index (Phi) is 4.74. The molecule has 0 atom stereocenters. The Morgan fingerprint density at radius 1 is 1.22 bits per heavy atom. The number of rotatable bonds is 3. The molecule has 1 saturated heterocycles. The topological polar surface area (TPSA) is 64.8 Å². The minimum atomic E-state index is -0.311. The van der Waals surface area contributed by atoms with Crippen LogP contribution in [-0.4, -0.2) is 42.4 Å². The van der Waals surface area contributed by atoms with E-state index in [1.54, 1.807) is 12.1 Å². The van der Waals surface area contributed by atoms with Crippen molar-refractivity contribution in [3.8, 4) is 17.3 Å². The summed E-state index contributed by atoms with van der Waals surface area (Å²) in [5.74, 6) is 0.349. The van der Waals surface area contributed by atoms with Gasteiger partial charge in [-0.05, 0) is 30.5 Å². The molecule has 0 saturated carbocycles. The third-order valence-corrected chi connectivity index (χ3v) is 4.25. The number of benzene rings is 1. The van der Waals surface area contributed by atoms with Crippen molar-refractivity contribution < 1.29 is 4.39 Å². The Hall–Kier alpha value is -2.17. The lowest BCUT2D eigenvalue weighted by Crippen LogP contribution is -2.44. The van der Waals surface area contributed by atoms with Crippen LogP contribution in [0.2, 0.25) is 0 Å². The lowest BCUT2D eigenvalue weighted by Gasteiger charge is -2.29. The first-order valence-corrected chi connectivity index (χ1v) is 8.53. The molecule has 23 heavy (non-hydrogen) atoms. The molecule has 1 aromatic heterocycles. The van der Waals surface area contributed by atoms with Crippen LogP contribution in [0, 0.1) is 17.1 Å². The number of nitrogens with zero attached hydrogens (tertiary/aromatic N) is 4. The van der Waals surface area contributed by atoms with Gasteiger partial charge < -0.3 is 10.2 Å². The lowest BCUT2D eigenvalue weighted by molar-refractivity contribution is 0.582. The highest BCUT2D eigenvalue weighted by molar-refractivity contribution is 7.98. The third kappa shape index (κ3) is 3.28. The summed E-state index contributed by atoms with van der Waals surface area (Å²) in [7, 11) is 0. The fourth-order valence-electron chi connectivity index (χ4n) is 2.55. The van der Waals surface area contributed by atoms with Gasteiger partial charge in [0, 0.05) is 31.7 Å². The van der Waals surface area contributed by atoms with Crippen LogP contribution in [0.25, 0.3) is 11.3 Å². The number of nitrogens with one attached hydrogen (secondary N) is 1. The number of hydrogen-bond acceptors (Lipinski definition) is 6. The number of hydrogen-bond donors (Lipinski definition) is 1. The molecule has 1 aliphatic rings. The normalized spacial score (nSPS) is 14.6. The Bertz CT molecular complexity index is 735. The van der Waals surface area contributed by atoms with Crippen LogP contribution < -0.4 is 10.2 Å². The average molecular weight is 329 g/mol. The summed E-state index contributed by atoms with van der Waals surface area (Å²) in [5, 5.41) is 13.6. The fraction of sp³-hybridized carbons (Fsp3) is 0.312. The van der Waals surface area contributed by atoms with Crippen LogP contribution in [-0.2, 0) is 0 Å². The predicted molar refractivity (Wildman–Crippen MR) is 89.0 cm³/mol. The van der Waals surface area contributed by atoms with Crippen LogP contribution in [0.15, 0.2) is 29.4 Å². The van der Waals surface area contributed by atoms with Crippen LogP contribution in [0.5, 0.6) is 0 Å². The molecule has 1 N–H and O–H groups in total. The van der Waals surface area contributed by atoms with Gasteiger partial charge in [-0.15, -0.1) is 0 Å². The van der Waals surface area contributed by atoms with Gasteiger partial charge in [-0.3, -0.25) is 0 Å². The van der Waals surface area contributed by atoms with E-state index in [0.717, 1.165) is 31.7 Å². The van der Waals surface area contributed by atoms with E-state index in [1.807, 2.05) is 6.26 Å². The lowest BCUT2D eigenvalue weighted by atomic mass is 10.1. The van der Waals surface area contributed by atoms with Crippen molar-refractivity contribution in [2.45, 2.75) is 5.16 Å². The minimum absolute atomic E-state index is 0.311. The van der Waals surface area contributed by atoms with Gasteiger partial charge in [-0.1, -0.05) is 11.8 Å². The molecule has 5 nitrogen and oxygen atoms in total. The minimum Gasteiger partial charge on any atom is -0.353 e. The monoisotopic (exact) mass is 329 g/mol. The van der Waals surface area contributed by atoms with Gasteiger partial charge in [-0.2, -0.15) is 5.26 Å². The van der Waals surface area contributed by atoms with Crippen LogP contribution in [0.1, 0.15) is 5.56 Å². The first-order chi connectivity index (χ1) is 11.2. The second-order valence-electron chi connectivity index (χ2n) is 5.11. The van der Waals surface area contributed by atoms with Crippen molar-refractivity contribution in [3.63, 3.8) is 0 Å². The number of aromatic nitrogens is 2. The predicted octanol–water partition coefficient (Wildman–Crippen LogP) is 2.29. The Morgan fingerprint density at radius 2 is 1.91 bits per heavy atom. The molecule has 7 heteroatoms. The molecule has 3 rings (SSSR count). The first-order valence-electron chi connectivity index (χ1n) is 7.30. The summed E-state index contributed by atoms with van der Waals surface area (Å²) in [6.45, 7) is 3.30. The number of halogens is 1. The summed E-state index contributed by atoms with van der Waals surface area (Å²) in [6, 6.07) is 8.28. The van der Waals surface area contributed by atoms with Crippen molar-refractivity contribution in [3.05, 3.63) is 35.6 Å². The van der Waals surface area contributed by atoms with Crippen molar-refractivity contribution in [2.24, 2.45) is 0 Å². The van der Waals surface area contributed by atoms with E-state index in [0.29, 0.717) is 22.2 Å². The summed E-state index contributed by atoms with van der Waals surface area (Å²) < 4.78 is 13.2. The molecule has 1 fully saturated rings. The molecular formula is C16H16FN5S. The average Bonchev–Trinajstić information content (AvgIpc) is 2.62. The molecule has 0 radical (unpaired) electrons. The van der Waals surface area contributed by atoms with Gasteiger partial charge in [0.25, 0.3) is 0 Å². The van der Waals surface area contributed by atoms with Crippen LogP contribution in [0.3, 0.4) is 0 Å². The fourth-order valence-corrected chi connectivity index (χ4v) is 2.91. The molecule has 0 unspecified atom stereocenters. The van der Waals surface area contributed by atoms with Crippen LogP contribution >= 0.6 is 11.8 Å². The van der Waals surface area contributed by atoms with E-state index in [1.165, 1.54) is 23.9 Å². The maximum atomic E-state index is 13.2. The van der Waals surface area contributed by atoms with Crippen molar-refractivity contribution in [1.82, 2.24) is 15.3 Å². The molecule has 118 valence electrons. The maximum absolute atomic E-state index is 13.2. The number of anilines is 1. The van der Waals surface area contributed by atoms with Gasteiger partial charge in [0.05, 0.1) is 5.69 Å². The van der Waals surface area contributed by atoms with Crippen molar-refractivity contribution >= 4 is 17.6 Å². The van der Waals surface area contributed by atoms with Gasteiger partial charge in [0.2, 0.25) is 0 Å². The third-order valence-electron chi connectivity index (χ3n) is 3.70. The van der Waals surface area contributed by atoms with E-state index in [4.69, 9.17) is 0 Å². The molecule has 1 aromatic carbocycles. The quantitative estimate of drug-likeness (QED) is 0.688. The summed E-state index contributed by atoms with van der Waals surface area (Å²) in [4.78, 5) is 11.1. The summed E-state index contributed by atoms with van der Waals surface area (Å²) >= 11 is 1.43. The summed E-state index contributed by atoms with van der Waals surface area (Å²) in [5.41, 5.74) is 1.72. The molecule has 2 heterocycles. The zero-order chi connectivity index (χ0) is 16.2. The highest BCUT2D eigenvalue weighted by Crippen LogP contribution is 2.30. The van der Waals surface area contributed by atoms with Crippen molar-refractivity contribution in [1.29, 1.82) is 5.26 Å². The SMILES string of the molecule is CSc1nc(-c2ccc(F)cc2)c(C#N)c(N2CCNCC2)n1. The molecule has 0 aliphatic carbocycles. The Balaban J connectivity index is 2.14. The van der Waals surface area contributed by atoms with E-state index in [-0.39, 0.29) is 5.82 Å². The van der Waals surface area contributed by atoms with E-state index in [9.17, 15) is 9.65 Å². The Labute approximate surface area is 138 Å². The van der Waals surface area contributed by atoms with Gasteiger partial charge in [0.15, 0.2) is 11.0 Å². The van der Waals surface area contributed by atoms with E-state index < -0.39 is 0 Å². The van der Waals surface area contributed by atoms with Gasteiger partial charge in [-0.25, -0.2) is 14.4 Å². The molecule has 0 spiro atoms. The standard InChI is InChI=1S/C16H16FN5S/c1-23-16-20-14(11-2-4-12(17)5-3-11)13(10-18)15(21-16)22-8-6-19-7-9-22/h2-5,19H,6-9H2,1H3. The smallest absolute Gasteiger partial charge is 0.189 e. The molecule has 2 aromatic rings. The molecule has 1 aliphatic heterocycles. The van der Waals surface area contributed by atoms with Crippen molar-refractivity contribution in [2.75, 3.05) is 37.3 Å². The molecule has 0 amide bonds. The highest BCUT2D eigenvalue weighted by atomic mass is 32.2. The second kappa shape index (κ2) is 6.94. The van der Waals surface area contributed by atoms with Crippen LogP contribution in [0.4, 0.5) is 10.2 Å². The Morgan fingerprint density at radius 3 is 2.52 bits per heavy atom.